The highest BCUT2D eigenvalue weighted by atomic mass is 79.9. The Morgan fingerprint density at radius 1 is 1.15 bits per heavy atom. The van der Waals surface area contributed by atoms with E-state index in [2.05, 4.69) is 47.1 Å². The van der Waals surface area contributed by atoms with Gasteiger partial charge in [0.25, 0.3) is 0 Å². The molecule has 0 heterocycles. The smallest absolute Gasteiger partial charge is 0.336 e. The van der Waals surface area contributed by atoms with E-state index < -0.39 is 5.97 Å². The highest BCUT2D eigenvalue weighted by molar-refractivity contribution is 9.10. The topological polar surface area (TPSA) is 37.3 Å². The number of rotatable bonds is 5. The first-order valence-corrected chi connectivity index (χ1v) is 8.11. The van der Waals surface area contributed by atoms with Crippen LogP contribution >= 0.6 is 27.7 Å². The van der Waals surface area contributed by atoms with E-state index >= 15 is 0 Å². The molecule has 2 aromatic carbocycles. The van der Waals surface area contributed by atoms with E-state index in [1.807, 2.05) is 6.07 Å². The van der Waals surface area contributed by atoms with Gasteiger partial charge >= 0.3 is 5.97 Å². The molecule has 0 aliphatic carbocycles. The molecule has 0 unspecified atom stereocenters. The predicted octanol–water partition coefficient (Wildman–Crippen LogP) is 5.00. The molecule has 0 aromatic heterocycles. The summed E-state index contributed by atoms with van der Waals surface area (Å²) in [7, 11) is 0. The van der Waals surface area contributed by atoms with Gasteiger partial charge in [0.05, 0.1) is 5.56 Å². The van der Waals surface area contributed by atoms with E-state index in [4.69, 9.17) is 5.11 Å². The Morgan fingerprint density at radius 3 is 2.40 bits per heavy atom. The van der Waals surface area contributed by atoms with Crippen molar-refractivity contribution in [2.75, 3.05) is 0 Å². The third kappa shape index (κ3) is 3.87. The lowest BCUT2D eigenvalue weighted by Gasteiger charge is -2.05. The van der Waals surface area contributed by atoms with Crippen LogP contribution in [0.15, 0.2) is 51.8 Å². The molecule has 20 heavy (non-hydrogen) atoms. The maximum absolute atomic E-state index is 11.1. The first kappa shape index (κ1) is 15.1. The fourth-order valence-electron chi connectivity index (χ4n) is 1.80. The zero-order chi connectivity index (χ0) is 14.5. The van der Waals surface area contributed by atoms with E-state index in [-0.39, 0.29) is 0 Å². The lowest BCUT2D eigenvalue weighted by Crippen LogP contribution is -1.97. The number of carbonyl (C=O) groups is 1. The Kier molecular flexibility index (Phi) is 5.26. The summed E-state index contributed by atoms with van der Waals surface area (Å²) in [6, 6.07) is 14.0. The van der Waals surface area contributed by atoms with E-state index in [9.17, 15) is 4.79 Å². The van der Waals surface area contributed by atoms with Gasteiger partial charge in [0.1, 0.15) is 0 Å². The number of aryl methyl sites for hydroxylation is 1. The molecule has 104 valence electrons. The summed E-state index contributed by atoms with van der Waals surface area (Å²) >= 11 is 4.90. The van der Waals surface area contributed by atoms with Gasteiger partial charge in [-0.05, 0) is 51.7 Å². The minimum atomic E-state index is -0.911. The molecule has 2 aromatic rings. The minimum absolute atomic E-state index is 0.302. The number of halogens is 1. The summed E-state index contributed by atoms with van der Waals surface area (Å²) in [4.78, 5) is 12.0. The van der Waals surface area contributed by atoms with Crippen LogP contribution in [0.1, 0.15) is 28.4 Å². The van der Waals surface area contributed by atoms with Crippen LogP contribution in [-0.2, 0) is 12.2 Å². The van der Waals surface area contributed by atoms with Crippen LogP contribution in [0.4, 0.5) is 0 Å². The molecule has 0 aliphatic heterocycles. The quantitative estimate of drug-likeness (QED) is 0.770. The second-order valence-electron chi connectivity index (χ2n) is 4.41. The van der Waals surface area contributed by atoms with Crippen LogP contribution in [0.25, 0.3) is 0 Å². The number of hydrogen-bond acceptors (Lipinski definition) is 2. The highest BCUT2D eigenvalue weighted by Crippen LogP contribution is 2.27. The minimum Gasteiger partial charge on any atom is -0.478 e. The number of aromatic carboxylic acids is 1. The molecule has 0 aliphatic rings. The highest BCUT2D eigenvalue weighted by Gasteiger charge is 2.09. The number of carboxylic acids is 1. The number of thioether (sulfide) groups is 1. The predicted molar refractivity (Wildman–Crippen MR) is 86.5 cm³/mol. The molecule has 0 fully saturated rings. The molecule has 2 nitrogen and oxygen atoms in total. The van der Waals surface area contributed by atoms with Crippen LogP contribution in [0.2, 0.25) is 0 Å². The molecule has 2 rings (SSSR count). The van der Waals surface area contributed by atoms with Gasteiger partial charge in [0, 0.05) is 15.1 Å². The molecular formula is C16H15BrO2S. The average molecular weight is 351 g/mol. The average Bonchev–Trinajstić information content (AvgIpc) is 2.46. The van der Waals surface area contributed by atoms with Crippen molar-refractivity contribution in [2.24, 2.45) is 0 Å². The van der Waals surface area contributed by atoms with Crippen LogP contribution in [0.5, 0.6) is 0 Å². The lowest BCUT2D eigenvalue weighted by molar-refractivity contribution is 0.0695. The molecule has 0 radical (unpaired) electrons. The summed E-state index contributed by atoms with van der Waals surface area (Å²) in [5.74, 6) is -0.0726. The van der Waals surface area contributed by atoms with Gasteiger partial charge in [-0.25, -0.2) is 4.79 Å². The molecule has 0 bridgehead atoms. The van der Waals surface area contributed by atoms with Crippen molar-refractivity contribution in [2.45, 2.75) is 24.0 Å². The summed E-state index contributed by atoms with van der Waals surface area (Å²) in [6.07, 6.45) is 1.04. The SMILES string of the molecule is CCc1ccc(CSc2ccc(Br)c(C(=O)O)c2)cc1. The Labute approximate surface area is 131 Å². The summed E-state index contributed by atoms with van der Waals surface area (Å²) in [5, 5.41) is 9.09. The van der Waals surface area contributed by atoms with E-state index in [0.29, 0.717) is 10.0 Å². The normalized spacial score (nSPS) is 10.5. The number of carboxylic acid groups (broad SMARTS) is 1. The summed E-state index contributed by atoms with van der Waals surface area (Å²) in [5.41, 5.74) is 2.87. The molecule has 0 spiro atoms. The standard InChI is InChI=1S/C16H15BrO2S/c1-2-11-3-5-12(6-4-11)10-20-13-7-8-15(17)14(9-13)16(18)19/h3-9H,2,10H2,1H3,(H,18,19). The second-order valence-corrected chi connectivity index (χ2v) is 6.31. The van der Waals surface area contributed by atoms with Crippen molar-refractivity contribution in [3.8, 4) is 0 Å². The zero-order valence-corrected chi connectivity index (χ0v) is 13.5. The molecule has 1 N–H and O–H groups in total. The molecule has 0 amide bonds. The van der Waals surface area contributed by atoms with Crippen molar-refractivity contribution < 1.29 is 9.90 Å². The van der Waals surface area contributed by atoms with Crippen molar-refractivity contribution in [1.29, 1.82) is 0 Å². The molecule has 0 atom stereocenters. The van der Waals surface area contributed by atoms with Gasteiger partial charge in [-0.2, -0.15) is 0 Å². The van der Waals surface area contributed by atoms with Gasteiger partial charge in [0.2, 0.25) is 0 Å². The Morgan fingerprint density at radius 2 is 1.80 bits per heavy atom. The Balaban J connectivity index is 2.06. The fraction of sp³-hybridized carbons (Fsp3) is 0.188. The van der Waals surface area contributed by atoms with Gasteiger partial charge in [-0.15, -0.1) is 11.8 Å². The van der Waals surface area contributed by atoms with E-state index in [0.717, 1.165) is 17.1 Å². The van der Waals surface area contributed by atoms with Crippen molar-refractivity contribution in [1.82, 2.24) is 0 Å². The Hall–Kier alpha value is -1.26. The molecular weight excluding hydrogens is 336 g/mol. The monoisotopic (exact) mass is 350 g/mol. The van der Waals surface area contributed by atoms with Crippen LogP contribution in [0, 0.1) is 0 Å². The maximum Gasteiger partial charge on any atom is 0.336 e. The zero-order valence-electron chi connectivity index (χ0n) is 11.1. The number of hydrogen-bond donors (Lipinski definition) is 1. The maximum atomic E-state index is 11.1. The lowest BCUT2D eigenvalue weighted by atomic mass is 10.1. The van der Waals surface area contributed by atoms with Gasteiger partial charge in [0.15, 0.2) is 0 Å². The van der Waals surface area contributed by atoms with Gasteiger partial charge in [-0.3, -0.25) is 0 Å². The van der Waals surface area contributed by atoms with Crippen molar-refractivity contribution in [3.63, 3.8) is 0 Å². The number of benzene rings is 2. The molecule has 0 saturated carbocycles. The van der Waals surface area contributed by atoms with Gasteiger partial charge < -0.3 is 5.11 Å². The van der Waals surface area contributed by atoms with E-state index in [1.54, 1.807) is 23.9 Å². The summed E-state index contributed by atoms with van der Waals surface area (Å²) in [6.45, 7) is 2.14. The fourth-order valence-corrected chi connectivity index (χ4v) is 3.10. The molecule has 4 heteroatoms. The molecule has 0 saturated heterocycles. The summed E-state index contributed by atoms with van der Waals surface area (Å²) < 4.78 is 0.613. The van der Waals surface area contributed by atoms with Crippen LogP contribution in [0.3, 0.4) is 0 Å². The largest absolute Gasteiger partial charge is 0.478 e. The first-order chi connectivity index (χ1) is 9.60. The van der Waals surface area contributed by atoms with E-state index in [1.165, 1.54) is 11.1 Å². The Bertz CT molecular complexity index is 608. The first-order valence-electron chi connectivity index (χ1n) is 6.33. The van der Waals surface area contributed by atoms with Crippen LogP contribution in [-0.4, -0.2) is 11.1 Å². The van der Waals surface area contributed by atoms with Crippen molar-refractivity contribution in [3.05, 3.63) is 63.6 Å². The van der Waals surface area contributed by atoms with Gasteiger partial charge in [-0.1, -0.05) is 31.2 Å². The second kappa shape index (κ2) is 6.95. The van der Waals surface area contributed by atoms with Crippen LogP contribution < -0.4 is 0 Å². The van der Waals surface area contributed by atoms with Crippen molar-refractivity contribution >= 4 is 33.7 Å². The third-order valence-corrected chi connectivity index (χ3v) is 4.76. The third-order valence-electron chi connectivity index (χ3n) is 3.00.